The van der Waals surface area contributed by atoms with E-state index in [2.05, 4.69) is 10.6 Å². The van der Waals surface area contributed by atoms with E-state index in [4.69, 9.17) is 11.6 Å². The number of thiophene rings is 1. The Bertz CT molecular complexity index is 1410. The van der Waals surface area contributed by atoms with Crippen molar-refractivity contribution in [1.29, 1.82) is 0 Å². The Labute approximate surface area is 215 Å². The van der Waals surface area contributed by atoms with E-state index < -0.39 is 5.54 Å². The van der Waals surface area contributed by atoms with Crippen molar-refractivity contribution in [2.24, 2.45) is 0 Å². The Morgan fingerprint density at radius 2 is 1.80 bits per heavy atom. The second-order valence-corrected chi connectivity index (χ2v) is 10.3. The van der Waals surface area contributed by atoms with Gasteiger partial charge in [0.25, 0.3) is 5.91 Å². The monoisotopic (exact) mass is 522 g/mol. The van der Waals surface area contributed by atoms with Gasteiger partial charge in [-0.1, -0.05) is 47.6 Å². The van der Waals surface area contributed by atoms with Crippen LogP contribution in [0.25, 0.3) is 0 Å². The zero-order valence-electron chi connectivity index (χ0n) is 18.3. The molecule has 0 saturated heterocycles. The number of nitrogens with one attached hydrogen (secondary N) is 2. The molecule has 176 valence electrons. The highest BCUT2D eigenvalue weighted by molar-refractivity contribution is 8.04. The van der Waals surface area contributed by atoms with Crippen LogP contribution < -0.4 is 10.6 Å². The van der Waals surface area contributed by atoms with Gasteiger partial charge in [0.05, 0.1) is 10.6 Å². The van der Waals surface area contributed by atoms with Gasteiger partial charge in [-0.2, -0.15) is 11.3 Å². The molecule has 0 radical (unpaired) electrons. The number of amides is 1. The lowest BCUT2D eigenvalue weighted by atomic mass is 9.79. The molecule has 1 amide bonds. The number of carbonyl (C=O) groups is 1. The van der Waals surface area contributed by atoms with Crippen LogP contribution in [-0.4, -0.2) is 11.0 Å². The lowest BCUT2D eigenvalue weighted by Crippen LogP contribution is -2.50. The first-order valence-electron chi connectivity index (χ1n) is 10.8. The molecule has 4 aromatic rings. The summed E-state index contributed by atoms with van der Waals surface area (Å²) in [4.78, 5) is 14.3. The maximum Gasteiger partial charge on any atom is 0.262 e. The van der Waals surface area contributed by atoms with E-state index in [-0.39, 0.29) is 28.8 Å². The highest BCUT2D eigenvalue weighted by atomic mass is 35.5. The SMILES string of the molecule is O=C1NC(c2ccsc2)(c2cccc(Nc3ccc(F)cc3)c2)CC(O)=C1Sc1ccccc1Cl. The van der Waals surface area contributed by atoms with Gasteiger partial charge in [0.15, 0.2) is 0 Å². The summed E-state index contributed by atoms with van der Waals surface area (Å²) in [5.41, 5.74) is 2.25. The average Bonchev–Trinajstić information content (AvgIpc) is 3.40. The van der Waals surface area contributed by atoms with Crippen molar-refractivity contribution in [3.63, 3.8) is 0 Å². The average molecular weight is 523 g/mol. The highest BCUT2D eigenvalue weighted by Gasteiger charge is 2.43. The predicted molar refractivity (Wildman–Crippen MR) is 141 cm³/mol. The summed E-state index contributed by atoms with van der Waals surface area (Å²) in [6, 6.07) is 22.9. The third kappa shape index (κ3) is 4.80. The van der Waals surface area contributed by atoms with Crippen molar-refractivity contribution in [3.8, 4) is 0 Å². The number of halogens is 2. The van der Waals surface area contributed by atoms with Crippen molar-refractivity contribution in [2.45, 2.75) is 16.9 Å². The Balaban J connectivity index is 1.52. The molecule has 1 aliphatic rings. The molecule has 5 rings (SSSR count). The quantitative estimate of drug-likeness (QED) is 0.244. The molecule has 0 saturated carbocycles. The summed E-state index contributed by atoms with van der Waals surface area (Å²) in [6.07, 6.45) is 0.183. The van der Waals surface area contributed by atoms with Crippen molar-refractivity contribution in [3.05, 3.63) is 122 Å². The van der Waals surface area contributed by atoms with Gasteiger partial charge in [-0.15, -0.1) is 0 Å². The van der Waals surface area contributed by atoms with Gasteiger partial charge >= 0.3 is 0 Å². The fraction of sp³-hybridized carbons (Fsp3) is 0.0741. The summed E-state index contributed by atoms with van der Waals surface area (Å²) in [6.45, 7) is 0. The first kappa shape index (κ1) is 23.5. The number of aliphatic hydroxyl groups excluding tert-OH is 1. The molecule has 1 aliphatic heterocycles. The van der Waals surface area contributed by atoms with Crippen LogP contribution in [0, 0.1) is 5.82 Å². The minimum absolute atomic E-state index is 0.00164. The molecule has 3 aromatic carbocycles. The normalized spacial score (nSPS) is 17.8. The second-order valence-electron chi connectivity index (χ2n) is 8.07. The first-order chi connectivity index (χ1) is 16.9. The van der Waals surface area contributed by atoms with Crippen molar-refractivity contribution < 1.29 is 14.3 Å². The molecule has 35 heavy (non-hydrogen) atoms. The third-order valence-corrected chi connectivity index (χ3v) is 8.10. The van der Waals surface area contributed by atoms with E-state index in [1.165, 1.54) is 23.5 Å². The number of aliphatic hydroxyl groups is 1. The number of carbonyl (C=O) groups excluding carboxylic acids is 1. The molecule has 8 heteroatoms. The fourth-order valence-corrected chi connectivity index (χ4v) is 5.93. The van der Waals surface area contributed by atoms with Crippen LogP contribution in [-0.2, 0) is 10.3 Å². The molecule has 1 unspecified atom stereocenters. The zero-order chi connectivity index (χ0) is 24.4. The minimum atomic E-state index is -0.952. The first-order valence-corrected chi connectivity index (χ1v) is 12.9. The summed E-state index contributed by atoms with van der Waals surface area (Å²) in [5.74, 6) is -0.679. The molecule has 4 nitrogen and oxygen atoms in total. The highest BCUT2D eigenvalue weighted by Crippen LogP contribution is 2.44. The smallest absolute Gasteiger partial charge is 0.262 e. The summed E-state index contributed by atoms with van der Waals surface area (Å²) in [5, 5.41) is 22.0. The lowest BCUT2D eigenvalue weighted by molar-refractivity contribution is -0.119. The van der Waals surface area contributed by atoms with Crippen LogP contribution in [0.1, 0.15) is 17.5 Å². The van der Waals surface area contributed by atoms with Gasteiger partial charge in [-0.3, -0.25) is 4.79 Å². The number of hydrogen-bond acceptors (Lipinski definition) is 5. The minimum Gasteiger partial charge on any atom is -0.511 e. The number of thioether (sulfide) groups is 1. The second kappa shape index (κ2) is 9.77. The van der Waals surface area contributed by atoms with E-state index in [1.807, 2.05) is 59.3 Å². The fourth-order valence-electron chi connectivity index (χ4n) is 4.08. The molecule has 0 aliphatic carbocycles. The maximum atomic E-state index is 13.4. The van der Waals surface area contributed by atoms with Gasteiger partial charge in [0, 0.05) is 22.7 Å². The third-order valence-electron chi connectivity index (χ3n) is 5.78. The summed E-state index contributed by atoms with van der Waals surface area (Å²) in [7, 11) is 0. The number of hydrogen-bond donors (Lipinski definition) is 3. The molecule has 3 N–H and O–H groups in total. The summed E-state index contributed by atoms with van der Waals surface area (Å²) < 4.78 is 13.3. The van der Waals surface area contributed by atoms with Gasteiger partial charge in [-0.25, -0.2) is 4.39 Å². The maximum absolute atomic E-state index is 13.4. The number of rotatable bonds is 6. The largest absolute Gasteiger partial charge is 0.511 e. The van der Waals surface area contributed by atoms with E-state index in [1.54, 1.807) is 18.2 Å². The van der Waals surface area contributed by atoms with E-state index in [0.717, 1.165) is 34.3 Å². The van der Waals surface area contributed by atoms with E-state index in [9.17, 15) is 14.3 Å². The topological polar surface area (TPSA) is 61.4 Å². The number of benzene rings is 3. The van der Waals surface area contributed by atoms with Crippen LogP contribution in [0.4, 0.5) is 15.8 Å². The zero-order valence-corrected chi connectivity index (χ0v) is 20.7. The molecule has 0 bridgehead atoms. The molecular weight excluding hydrogens is 503 g/mol. The van der Waals surface area contributed by atoms with Crippen molar-refractivity contribution in [1.82, 2.24) is 5.32 Å². The molecule has 0 spiro atoms. The molecule has 1 atom stereocenters. The lowest BCUT2D eigenvalue weighted by Gasteiger charge is -2.39. The van der Waals surface area contributed by atoms with Crippen molar-refractivity contribution in [2.75, 3.05) is 5.32 Å². The standard InChI is InChI=1S/C27H20ClFN2O2S2/c28-22-6-1-2-7-24(22)35-25-23(32)15-27(31-26(25)33,18-12-13-34-16-18)17-4-3-5-21(14-17)30-20-10-8-19(29)9-11-20/h1-14,16,30,32H,15H2,(H,31,33). The molecule has 0 fully saturated rings. The van der Waals surface area contributed by atoms with Crippen LogP contribution in [0.5, 0.6) is 0 Å². The molecule has 2 heterocycles. The van der Waals surface area contributed by atoms with Gasteiger partial charge in [-0.05, 0) is 76.5 Å². The van der Waals surface area contributed by atoms with Gasteiger partial charge < -0.3 is 15.7 Å². The van der Waals surface area contributed by atoms with E-state index in [0.29, 0.717) is 9.92 Å². The Morgan fingerprint density at radius 1 is 1.00 bits per heavy atom. The van der Waals surface area contributed by atoms with Crippen molar-refractivity contribution >= 4 is 52.0 Å². The van der Waals surface area contributed by atoms with Gasteiger partial charge in [0.1, 0.15) is 16.5 Å². The van der Waals surface area contributed by atoms with Crippen LogP contribution in [0.2, 0.25) is 5.02 Å². The van der Waals surface area contributed by atoms with Crippen LogP contribution in [0.3, 0.4) is 0 Å². The predicted octanol–water partition coefficient (Wildman–Crippen LogP) is 7.61. The van der Waals surface area contributed by atoms with E-state index >= 15 is 0 Å². The summed E-state index contributed by atoms with van der Waals surface area (Å²) >= 11 is 8.95. The molecule has 1 aromatic heterocycles. The number of anilines is 2. The Morgan fingerprint density at radius 3 is 2.51 bits per heavy atom. The van der Waals surface area contributed by atoms with Gasteiger partial charge in [0.2, 0.25) is 0 Å². The Hall–Kier alpha value is -3.26. The Kier molecular flexibility index (Phi) is 6.56. The molecular formula is C27H20ClFN2O2S2. The van der Waals surface area contributed by atoms with Crippen LogP contribution >= 0.6 is 34.7 Å². The van der Waals surface area contributed by atoms with Crippen LogP contribution in [0.15, 0.2) is 105 Å².